The van der Waals surface area contributed by atoms with E-state index in [-0.39, 0.29) is 5.91 Å². The van der Waals surface area contributed by atoms with Crippen molar-refractivity contribution >= 4 is 29.1 Å². The minimum Gasteiger partial charge on any atom is -0.492 e. The van der Waals surface area contributed by atoms with Crippen molar-refractivity contribution in [3.8, 4) is 5.75 Å². The second-order valence-electron chi connectivity index (χ2n) is 7.23. The minimum atomic E-state index is -0.0631. The first-order valence-electron chi connectivity index (χ1n) is 10.5. The summed E-state index contributed by atoms with van der Waals surface area (Å²) >= 11 is 1.50. The van der Waals surface area contributed by atoms with Gasteiger partial charge in [-0.2, -0.15) is 0 Å². The molecule has 2 aromatic rings. The van der Waals surface area contributed by atoms with E-state index in [1.165, 1.54) is 30.8 Å². The number of benzene rings is 2. The highest BCUT2D eigenvalue weighted by Gasteiger charge is 2.14. The molecular formula is C24H30N4O2S. The molecule has 0 saturated carbocycles. The molecule has 1 amide bonds. The number of ether oxygens (including phenoxy) is 1. The number of nitrogens with zero attached hydrogens (tertiary/aromatic N) is 2. The van der Waals surface area contributed by atoms with Crippen LogP contribution in [0.4, 0.5) is 5.69 Å². The van der Waals surface area contributed by atoms with Crippen LogP contribution in [0.1, 0.15) is 18.4 Å². The molecule has 31 heavy (non-hydrogen) atoms. The third-order valence-electron chi connectivity index (χ3n) is 5.01. The SMILES string of the molecule is CN=C(C=CN)c1cc(NC(=O)CSc2ccccc2)ccc1OCCN1CCCC1. The highest BCUT2D eigenvalue weighted by atomic mass is 32.2. The van der Waals surface area contributed by atoms with Crippen LogP contribution in [0, 0.1) is 0 Å². The third-order valence-corrected chi connectivity index (χ3v) is 6.02. The number of aliphatic imine (C=N–C) groups is 1. The lowest BCUT2D eigenvalue weighted by Gasteiger charge is -2.17. The molecule has 0 unspecified atom stereocenters. The summed E-state index contributed by atoms with van der Waals surface area (Å²) in [5.74, 6) is 1.01. The molecule has 0 atom stereocenters. The van der Waals surface area contributed by atoms with Gasteiger partial charge >= 0.3 is 0 Å². The average Bonchev–Trinajstić information content (AvgIpc) is 3.31. The van der Waals surface area contributed by atoms with Crippen molar-refractivity contribution < 1.29 is 9.53 Å². The fourth-order valence-corrected chi connectivity index (χ4v) is 4.18. The summed E-state index contributed by atoms with van der Waals surface area (Å²) < 4.78 is 6.08. The highest BCUT2D eigenvalue weighted by Crippen LogP contribution is 2.25. The summed E-state index contributed by atoms with van der Waals surface area (Å²) in [6.45, 7) is 3.79. The number of hydrogen-bond donors (Lipinski definition) is 2. The Morgan fingerprint density at radius 2 is 2.00 bits per heavy atom. The average molecular weight is 439 g/mol. The van der Waals surface area contributed by atoms with Gasteiger partial charge in [-0.3, -0.25) is 14.7 Å². The summed E-state index contributed by atoms with van der Waals surface area (Å²) in [4.78, 5) is 20.2. The van der Waals surface area contributed by atoms with Gasteiger partial charge in [-0.15, -0.1) is 11.8 Å². The lowest BCUT2D eigenvalue weighted by molar-refractivity contribution is -0.113. The number of rotatable bonds is 10. The van der Waals surface area contributed by atoms with Crippen molar-refractivity contribution in [1.82, 2.24) is 4.90 Å². The molecule has 1 heterocycles. The van der Waals surface area contributed by atoms with Crippen LogP contribution in [0.2, 0.25) is 0 Å². The summed E-state index contributed by atoms with van der Waals surface area (Å²) in [6, 6.07) is 15.5. The molecule has 3 N–H and O–H groups in total. The maximum absolute atomic E-state index is 12.4. The van der Waals surface area contributed by atoms with Crippen molar-refractivity contribution in [1.29, 1.82) is 0 Å². The Morgan fingerprint density at radius 1 is 1.23 bits per heavy atom. The lowest BCUT2D eigenvalue weighted by Crippen LogP contribution is -2.25. The van der Waals surface area contributed by atoms with Crippen LogP contribution < -0.4 is 15.8 Å². The summed E-state index contributed by atoms with van der Waals surface area (Å²) in [5.41, 5.74) is 7.82. The van der Waals surface area contributed by atoms with Crippen molar-refractivity contribution in [3.05, 3.63) is 66.4 Å². The van der Waals surface area contributed by atoms with E-state index in [9.17, 15) is 4.79 Å². The van der Waals surface area contributed by atoms with Crippen LogP contribution in [0.15, 0.2) is 70.7 Å². The first-order chi connectivity index (χ1) is 15.2. The Balaban J connectivity index is 1.66. The van der Waals surface area contributed by atoms with E-state index in [0.717, 1.165) is 35.8 Å². The Labute approximate surface area is 188 Å². The fourth-order valence-electron chi connectivity index (χ4n) is 3.46. The van der Waals surface area contributed by atoms with Crippen LogP contribution in [-0.2, 0) is 4.79 Å². The van der Waals surface area contributed by atoms with Crippen molar-refractivity contribution in [2.45, 2.75) is 17.7 Å². The molecule has 0 aromatic heterocycles. The molecule has 0 bridgehead atoms. The van der Waals surface area contributed by atoms with Crippen LogP contribution in [-0.4, -0.2) is 55.6 Å². The molecule has 1 aliphatic rings. The van der Waals surface area contributed by atoms with Gasteiger partial charge in [0.25, 0.3) is 0 Å². The van der Waals surface area contributed by atoms with Gasteiger partial charge in [0, 0.05) is 29.7 Å². The zero-order valence-electron chi connectivity index (χ0n) is 17.9. The molecule has 2 aromatic carbocycles. The smallest absolute Gasteiger partial charge is 0.234 e. The predicted octanol–water partition coefficient (Wildman–Crippen LogP) is 3.78. The highest BCUT2D eigenvalue weighted by molar-refractivity contribution is 8.00. The number of thioether (sulfide) groups is 1. The predicted molar refractivity (Wildman–Crippen MR) is 129 cm³/mol. The molecule has 164 valence electrons. The molecular weight excluding hydrogens is 408 g/mol. The quantitative estimate of drug-likeness (QED) is 0.436. The first kappa shape index (κ1) is 22.9. The maximum Gasteiger partial charge on any atom is 0.234 e. The number of likely N-dealkylation sites (tertiary alicyclic amines) is 1. The summed E-state index contributed by atoms with van der Waals surface area (Å²) in [7, 11) is 1.71. The zero-order chi connectivity index (χ0) is 21.9. The number of carbonyl (C=O) groups is 1. The summed E-state index contributed by atoms with van der Waals surface area (Å²) in [6.07, 6.45) is 5.71. The van der Waals surface area contributed by atoms with Gasteiger partial charge in [0.1, 0.15) is 12.4 Å². The number of carbonyl (C=O) groups excluding carboxylic acids is 1. The number of hydrogen-bond acceptors (Lipinski definition) is 6. The van der Waals surface area contributed by atoms with Crippen LogP contribution in [0.5, 0.6) is 5.75 Å². The Kier molecular flexibility index (Phi) is 8.99. The number of nitrogens with one attached hydrogen (secondary N) is 1. The Hall–Kier alpha value is -2.77. The topological polar surface area (TPSA) is 79.9 Å². The van der Waals surface area contributed by atoms with E-state index in [1.807, 2.05) is 48.5 Å². The van der Waals surface area contributed by atoms with E-state index >= 15 is 0 Å². The maximum atomic E-state index is 12.4. The molecule has 3 rings (SSSR count). The van der Waals surface area contributed by atoms with Crippen LogP contribution in [0.25, 0.3) is 0 Å². The van der Waals surface area contributed by atoms with Gasteiger partial charge in [-0.05, 0) is 68.5 Å². The first-order valence-corrected chi connectivity index (χ1v) is 11.5. The number of nitrogens with two attached hydrogens (primary N) is 1. The lowest BCUT2D eigenvalue weighted by atomic mass is 10.1. The third kappa shape index (κ3) is 7.15. The van der Waals surface area contributed by atoms with Crippen molar-refractivity contribution in [3.63, 3.8) is 0 Å². The van der Waals surface area contributed by atoms with Gasteiger partial charge in [0.2, 0.25) is 5.91 Å². The van der Waals surface area contributed by atoms with Crippen LogP contribution >= 0.6 is 11.8 Å². The van der Waals surface area contributed by atoms with E-state index in [2.05, 4.69) is 15.2 Å². The molecule has 6 nitrogen and oxygen atoms in total. The fraction of sp³-hybridized carbons (Fsp3) is 0.333. The molecule has 1 aliphatic heterocycles. The van der Waals surface area contributed by atoms with E-state index in [1.54, 1.807) is 13.1 Å². The van der Waals surface area contributed by atoms with Gasteiger partial charge in [0.15, 0.2) is 0 Å². The van der Waals surface area contributed by atoms with Gasteiger partial charge in [-0.1, -0.05) is 18.2 Å². The number of allylic oxidation sites excluding steroid dienone is 1. The molecule has 7 heteroatoms. The largest absolute Gasteiger partial charge is 0.492 e. The monoisotopic (exact) mass is 438 g/mol. The number of amides is 1. The van der Waals surface area contributed by atoms with Crippen LogP contribution in [0.3, 0.4) is 0 Å². The van der Waals surface area contributed by atoms with Gasteiger partial charge < -0.3 is 15.8 Å². The van der Waals surface area contributed by atoms with Gasteiger partial charge in [0.05, 0.1) is 11.5 Å². The molecule has 1 saturated heterocycles. The normalized spacial score (nSPS) is 14.8. The van der Waals surface area contributed by atoms with E-state index < -0.39 is 0 Å². The molecule has 0 aliphatic carbocycles. The molecule has 0 radical (unpaired) electrons. The summed E-state index contributed by atoms with van der Waals surface area (Å²) in [5, 5.41) is 2.97. The second-order valence-corrected chi connectivity index (χ2v) is 8.27. The Morgan fingerprint density at radius 3 is 2.71 bits per heavy atom. The number of anilines is 1. The molecule has 0 spiro atoms. The minimum absolute atomic E-state index is 0.0631. The zero-order valence-corrected chi connectivity index (χ0v) is 18.7. The van der Waals surface area contributed by atoms with E-state index in [4.69, 9.17) is 10.5 Å². The van der Waals surface area contributed by atoms with Crippen molar-refractivity contribution in [2.75, 3.05) is 44.4 Å². The van der Waals surface area contributed by atoms with Crippen molar-refractivity contribution in [2.24, 2.45) is 10.7 Å². The Bertz CT molecular complexity index is 909. The standard InChI is InChI=1S/C24H30N4O2S/c1-26-22(11-12-25)21-17-19(27-24(29)18-31-20-7-3-2-4-8-20)9-10-23(21)30-16-15-28-13-5-6-14-28/h2-4,7-12,17H,5-6,13-16,18,25H2,1H3,(H,27,29). The van der Waals surface area contributed by atoms with E-state index in [0.29, 0.717) is 23.8 Å². The molecule has 1 fully saturated rings. The second kappa shape index (κ2) is 12.2. The van der Waals surface area contributed by atoms with Gasteiger partial charge in [-0.25, -0.2) is 0 Å².